The molecule has 0 unspecified atom stereocenters. The Bertz CT molecular complexity index is 754. The Morgan fingerprint density at radius 2 is 1.83 bits per heavy atom. The third-order valence-corrected chi connectivity index (χ3v) is 2.94. The molecule has 2 rings (SSSR count). The number of carbonyl (C=O) groups excluding carboxylic acids is 2. The minimum atomic E-state index is -0.552. The van der Waals surface area contributed by atoms with Crippen LogP contribution in [-0.4, -0.2) is 16.6 Å². The minimum Gasteiger partial charge on any atom is -0.325 e. The van der Waals surface area contributed by atoms with Gasteiger partial charge in [0.1, 0.15) is 0 Å². The summed E-state index contributed by atoms with van der Waals surface area (Å²) in [5.74, 6) is -0.870. The summed E-state index contributed by atoms with van der Waals surface area (Å²) in [6.07, 6.45) is 2.64. The zero-order valence-corrected chi connectivity index (χ0v) is 12.1. The molecule has 23 heavy (non-hydrogen) atoms. The molecular formula is C17H14N2O4. The van der Waals surface area contributed by atoms with Crippen molar-refractivity contribution in [3.63, 3.8) is 0 Å². The minimum absolute atomic E-state index is 0.127. The molecule has 0 heterocycles. The Morgan fingerprint density at radius 3 is 2.52 bits per heavy atom. The van der Waals surface area contributed by atoms with Gasteiger partial charge in [-0.2, -0.15) is 0 Å². The summed E-state index contributed by atoms with van der Waals surface area (Å²) in [6, 6.07) is 14.8. The standard InChI is InChI=1S/C17H14N2O4/c20-16(10-9-13-5-2-1-3-6-13)12-17(21)18-14-7-4-8-15(11-14)19(22)23/h1-11H,12H2,(H,18,21). The van der Waals surface area contributed by atoms with Crippen LogP contribution >= 0.6 is 0 Å². The van der Waals surface area contributed by atoms with Gasteiger partial charge < -0.3 is 5.32 Å². The van der Waals surface area contributed by atoms with Crippen LogP contribution in [0.25, 0.3) is 6.08 Å². The largest absolute Gasteiger partial charge is 0.325 e. The van der Waals surface area contributed by atoms with E-state index in [4.69, 9.17) is 0 Å². The van der Waals surface area contributed by atoms with Gasteiger partial charge in [-0.15, -0.1) is 0 Å². The van der Waals surface area contributed by atoms with Crippen molar-refractivity contribution in [3.8, 4) is 0 Å². The van der Waals surface area contributed by atoms with E-state index in [1.54, 1.807) is 6.08 Å². The highest BCUT2D eigenvalue weighted by Crippen LogP contribution is 2.17. The van der Waals surface area contributed by atoms with Gasteiger partial charge in [-0.25, -0.2) is 0 Å². The number of anilines is 1. The molecule has 1 amide bonds. The smallest absolute Gasteiger partial charge is 0.271 e. The third kappa shape index (κ3) is 5.20. The number of non-ortho nitro benzene ring substituents is 1. The van der Waals surface area contributed by atoms with Crippen LogP contribution in [0.4, 0.5) is 11.4 Å². The van der Waals surface area contributed by atoms with Gasteiger partial charge in [0.25, 0.3) is 5.69 Å². The van der Waals surface area contributed by atoms with Crippen molar-refractivity contribution in [3.05, 3.63) is 76.4 Å². The number of nitro benzene ring substituents is 1. The first-order valence-electron chi connectivity index (χ1n) is 6.85. The van der Waals surface area contributed by atoms with E-state index in [1.165, 1.54) is 30.3 Å². The van der Waals surface area contributed by atoms with Gasteiger partial charge in [-0.05, 0) is 17.7 Å². The lowest BCUT2D eigenvalue weighted by atomic mass is 10.1. The number of allylic oxidation sites excluding steroid dienone is 1. The first-order valence-corrected chi connectivity index (χ1v) is 6.85. The highest BCUT2D eigenvalue weighted by atomic mass is 16.6. The molecule has 0 aromatic heterocycles. The Morgan fingerprint density at radius 1 is 1.09 bits per heavy atom. The zero-order chi connectivity index (χ0) is 16.7. The molecule has 0 atom stereocenters. The van der Waals surface area contributed by atoms with Crippen LogP contribution in [0.3, 0.4) is 0 Å². The molecule has 0 aliphatic rings. The lowest BCUT2D eigenvalue weighted by Crippen LogP contribution is -2.15. The molecule has 0 aliphatic heterocycles. The van der Waals surface area contributed by atoms with E-state index < -0.39 is 10.8 Å². The maximum Gasteiger partial charge on any atom is 0.271 e. The van der Waals surface area contributed by atoms with Crippen molar-refractivity contribution in [2.75, 3.05) is 5.32 Å². The van der Waals surface area contributed by atoms with Crippen molar-refractivity contribution >= 4 is 29.1 Å². The highest BCUT2D eigenvalue weighted by Gasteiger charge is 2.10. The fourth-order valence-corrected chi connectivity index (χ4v) is 1.87. The van der Waals surface area contributed by atoms with Gasteiger partial charge in [-0.1, -0.05) is 42.5 Å². The van der Waals surface area contributed by atoms with Crippen LogP contribution in [0.5, 0.6) is 0 Å². The summed E-state index contributed by atoms with van der Waals surface area (Å²) < 4.78 is 0. The number of nitrogens with zero attached hydrogens (tertiary/aromatic N) is 1. The molecule has 0 bridgehead atoms. The van der Waals surface area contributed by atoms with Crippen molar-refractivity contribution < 1.29 is 14.5 Å². The first-order chi connectivity index (χ1) is 11.0. The van der Waals surface area contributed by atoms with Crippen LogP contribution in [-0.2, 0) is 9.59 Å². The average Bonchev–Trinajstić information content (AvgIpc) is 2.54. The van der Waals surface area contributed by atoms with E-state index in [0.29, 0.717) is 0 Å². The predicted molar refractivity (Wildman–Crippen MR) is 86.8 cm³/mol. The fraction of sp³-hybridized carbons (Fsp3) is 0.0588. The van der Waals surface area contributed by atoms with Crippen LogP contribution < -0.4 is 5.32 Å². The van der Waals surface area contributed by atoms with Crippen LogP contribution in [0.2, 0.25) is 0 Å². The Hall–Kier alpha value is -3.28. The molecule has 0 fully saturated rings. The van der Waals surface area contributed by atoms with Gasteiger partial charge >= 0.3 is 0 Å². The van der Waals surface area contributed by atoms with Crippen LogP contribution in [0.15, 0.2) is 60.7 Å². The molecule has 6 nitrogen and oxygen atoms in total. The first kappa shape index (κ1) is 16.1. The summed E-state index contributed by atoms with van der Waals surface area (Å²) in [5, 5.41) is 13.1. The van der Waals surface area contributed by atoms with Crippen molar-refractivity contribution in [2.45, 2.75) is 6.42 Å². The Balaban J connectivity index is 1.92. The number of benzene rings is 2. The van der Waals surface area contributed by atoms with Crippen LogP contribution in [0, 0.1) is 10.1 Å². The van der Waals surface area contributed by atoms with E-state index in [0.717, 1.165) is 5.56 Å². The molecule has 0 saturated carbocycles. The van der Waals surface area contributed by atoms with Gasteiger partial charge in [-0.3, -0.25) is 19.7 Å². The molecule has 0 saturated heterocycles. The summed E-state index contributed by atoms with van der Waals surface area (Å²) in [6.45, 7) is 0. The number of amides is 1. The van der Waals surface area contributed by atoms with E-state index in [2.05, 4.69) is 5.32 Å². The fourth-order valence-electron chi connectivity index (χ4n) is 1.87. The number of carbonyl (C=O) groups is 2. The van der Waals surface area contributed by atoms with E-state index in [-0.39, 0.29) is 23.6 Å². The molecule has 0 spiro atoms. The van der Waals surface area contributed by atoms with Gasteiger partial charge in [0.15, 0.2) is 5.78 Å². The maximum absolute atomic E-state index is 11.8. The molecule has 2 aromatic carbocycles. The van der Waals surface area contributed by atoms with Crippen molar-refractivity contribution in [2.24, 2.45) is 0 Å². The quantitative estimate of drug-likeness (QED) is 0.384. The van der Waals surface area contributed by atoms with E-state index in [9.17, 15) is 19.7 Å². The van der Waals surface area contributed by atoms with Gasteiger partial charge in [0, 0.05) is 17.8 Å². The average molecular weight is 310 g/mol. The molecule has 6 heteroatoms. The molecule has 0 radical (unpaired) electrons. The predicted octanol–water partition coefficient (Wildman–Crippen LogP) is 3.21. The lowest BCUT2D eigenvalue weighted by molar-refractivity contribution is -0.384. The maximum atomic E-state index is 11.8. The molecular weight excluding hydrogens is 296 g/mol. The van der Waals surface area contributed by atoms with Crippen molar-refractivity contribution in [1.82, 2.24) is 0 Å². The second-order valence-corrected chi connectivity index (χ2v) is 4.74. The van der Waals surface area contributed by atoms with E-state index in [1.807, 2.05) is 30.3 Å². The SMILES string of the molecule is O=C(C=Cc1ccccc1)CC(=O)Nc1cccc([N+](=O)[O-])c1. The normalized spacial score (nSPS) is 10.4. The Kier molecular flexibility index (Phi) is 5.35. The second-order valence-electron chi connectivity index (χ2n) is 4.74. The molecule has 2 aromatic rings. The summed E-state index contributed by atoms with van der Waals surface area (Å²) >= 11 is 0. The Labute approximate surface area is 132 Å². The molecule has 116 valence electrons. The second kappa shape index (κ2) is 7.65. The number of ketones is 1. The topological polar surface area (TPSA) is 89.3 Å². The number of nitro groups is 1. The van der Waals surface area contributed by atoms with E-state index >= 15 is 0 Å². The molecule has 0 aliphatic carbocycles. The van der Waals surface area contributed by atoms with Gasteiger partial charge in [0.2, 0.25) is 5.91 Å². The molecule has 1 N–H and O–H groups in total. The summed E-state index contributed by atoms with van der Waals surface area (Å²) in [4.78, 5) is 33.6. The lowest BCUT2D eigenvalue weighted by Gasteiger charge is -2.03. The number of hydrogen-bond acceptors (Lipinski definition) is 4. The van der Waals surface area contributed by atoms with Crippen LogP contribution in [0.1, 0.15) is 12.0 Å². The highest BCUT2D eigenvalue weighted by molar-refractivity contribution is 6.09. The number of hydrogen-bond donors (Lipinski definition) is 1. The van der Waals surface area contributed by atoms with Crippen molar-refractivity contribution in [1.29, 1.82) is 0 Å². The third-order valence-electron chi connectivity index (χ3n) is 2.94. The monoisotopic (exact) mass is 310 g/mol. The number of nitrogens with one attached hydrogen (secondary N) is 1. The van der Waals surface area contributed by atoms with Gasteiger partial charge in [0.05, 0.1) is 11.3 Å². The number of rotatable bonds is 6. The zero-order valence-electron chi connectivity index (χ0n) is 12.1. The summed E-state index contributed by atoms with van der Waals surface area (Å²) in [5.41, 5.74) is 1.02. The summed E-state index contributed by atoms with van der Waals surface area (Å²) in [7, 11) is 0.